The Morgan fingerprint density at radius 1 is 1.59 bits per heavy atom. The molecule has 2 heterocycles. The molecular formula is C8H6F2N4O2S. The normalized spacial score (nSPS) is 11.0. The molecule has 2 rings (SSSR count). The van der Waals surface area contributed by atoms with Crippen LogP contribution < -0.4 is 0 Å². The summed E-state index contributed by atoms with van der Waals surface area (Å²) in [4.78, 5) is 15.2. The van der Waals surface area contributed by atoms with Crippen LogP contribution in [0.3, 0.4) is 0 Å². The molecule has 0 fully saturated rings. The van der Waals surface area contributed by atoms with Gasteiger partial charge in [0.05, 0.1) is 12.1 Å². The van der Waals surface area contributed by atoms with Gasteiger partial charge in [0.2, 0.25) is 0 Å². The number of aromatic nitrogens is 4. The lowest BCUT2D eigenvalue weighted by atomic mass is 10.3. The molecule has 2 aromatic heterocycles. The van der Waals surface area contributed by atoms with Crippen molar-refractivity contribution in [2.45, 2.75) is 13.0 Å². The molecule has 0 atom stereocenters. The third kappa shape index (κ3) is 2.28. The number of thiazole rings is 1. The van der Waals surface area contributed by atoms with Gasteiger partial charge >= 0.3 is 5.97 Å². The average molecular weight is 260 g/mol. The lowest BCUT2D eigenvalue weighted by molar-refractivity contribution is 0.0675. The number of carboxylic acid groups (broad SMARTS) is 1. The van der Waals surface area contributed by atoms with Crippen LogP contribution in [-0.4, -0.2) is 31.1 Å². The smallest absolute Gasteiger partial charge is 0.358 e. The van der Waals surface area contributed by atoms with Crippen LogP contribution in [0, 0.1) is 0 Å². The number of halogens is 2. The van der Waals surface area contributed by atoms with Crippen molar-refractivity contribution in [2.24, 2.45) is 0 Å². The number of alkyl halides is 2. The van der Waals surface area contributed by atoms with E-state index >= 15 is 0 Å². The molecule has 0 aliphatic heterocycles. The van der Waals surface area contributed by atoms with E-state index in [2.05, 4.69) is 15.3 Å². The van der Waals surface area contributed by atoms with Gasteiger partial charge in [0.1, 0.15) is 5.69 Å². The van der Waals surface area contributed by atoms with E-state index in [0.717, 1.165) is 4.68 Å². The highest BCUT2D eigenvalue weighted by Gasteiger charge is 2.26. The highest BCUT2D eigenvalue weighted by molar-refractivity contribution is 7.09. The standard InChI is InChI=1S/C8H6F2N4O2S/c9-7(10)6-5(8(15)16)12-13-14(6)2-4-1-11-3-17-4/h1,3,7H,2H2,(H,15,16). The van der Waals surface area contributed by atoms with Crippen LogP contribution in [0.1, 0.15) is 27.5 Å². The van der Waals surface area contributed by atoms with Gasteiger partial charge in [-0.25, -0.2) is 18.3 Å². The maximum atomic E-state index is 12.7. The van der Waals surface area contributed by atoms with E-state index in [9.17, 15) is 13.6 Å². The largest absolute Gasteiger partial charge is 0.476 e. The summed E-state index contributed by atoms with van der Waals surface area (Å²) in [6, 6.07) is 0. The number of aromatic carboxylic acids is 1. The summed E-state index contributed by atoms with van der Waals surface area (Å²) in [7, 11) is 0. The maximum Gasteiger partial charge on any atom is 0.358 e. The molecule has 0 bridgehead atoms. The van der Waals surface area contributed by atoms with Crippen LogP contribution in [0.25, 0.3) is 0 Å². The van der Waals surface area contributed by atoms with Crippen LogP contribution in [0.4, 0.5) is 8.78 Å². The van der Waals surface area contributed by atoms with Gasteiger partial charge in [-0.05, 0) is 0 Å². The van der Waals surface area contributed by atoms with Crippen molar-refractivity contribution in [3.05, 3.63) is 28.0 Å². The zero-order valence-electron chi connectivity index (χ0n) is 8.25. The summed E-state index contributed by atoms with van der Waals surface area (Å²) in [5.41, 5.74) is 0.141. The molecule has 17 heavy (non-hydrogen) atoms. The van der Waals surface area contributed by atoms with Gasteiger partial charge in [-0.1, -0.05) is 5.21 Å². The van der Waals surface area contributed by atoms with Crippen LogP contribution >= 0.6 is 11.3 Å². The number of carboxylic acids is 1. The topological polar surface area (TPSA) is 80.9 Å². The predicted octanol–water partition coefficient (Wildman–Crippen LogP) is 1.42. The first-order valence-corrected chi connectivity index (χ1v) is 5.29. The van der Waals surface area contributed by atoms with Gasteiger partial charge in [0.25, 0.3) is 6.43 Å². The maximum absolute atomic E-state index is 12.7. The first-order chi connectivity index (χ1) is 8.09. The highest BCUT2D eigenvalue weighted by atomic mass is 32.1. The Labute approximate surface area is 97.5 Å². The Kier molecular flexibility index (Phi) is 3.09. The van der Waals surface area contributed by atoms with E-state index in [1.807, 2.05) is 0 Å². The molecule has 6 nitrogen and oxygen atoms in total. The quantitative estimate of drug-likeness (QED) is 0.899. The van der Waals surface area contributed by atoms with E-state index in [-0.39, 0.29) is 6.54 Å². The summed E-state index contributed by atoms with van der Waals surface area (Å²) in [5.74, 6) is -1.52. The molecule has 0 aliphatic rings. The van der Waals surface area contributed by atoms with Gasteiger partial charge in [-0.2, -0.15) is 0 Å². The number of hydrogen-bond donors (Lipinski definition) is 1. The molecule has 0 aliphatic carbocycles. The first-order valence-electron chi connectivity index (χ1n) is 4.41. The van der Waals surface area contributed by atoms with Crippen LogP contribution in [0.2, 0.25) is 0 Å². The number of hydrogen-bond acceptors (Lipinski definition) is 5. The molecule has 9 heteroatoms. The number of carbonyl (C=O) groups is 1. The average Bonchev–Trinajstić information content (AvgIpc) is 2.86. The molecule has 0 aromatic carbocycles. The molecule has 0 unspecified atom stereocenters. The van der Waals surface area contributed by atoms with Crippen molar-refractivity contribution >= 4 is 17.3 Å². The molecule has 0 saturated heterocycles. The minimum atomic E-state index is -2.94. The summed E-state index contributed by atoms with van der Waals surface area (Å²) in [6.45, 7) is 0.0324. The monoisotopic (exact) mass is 260 g/mol. The molecule has 0 amide bonds. The van der Waals surface area contributed by atoms with Crippen molar-refractivity contribution < 1.29 is 18.7 Å². The Hall–Kier alpha value is -1.90. The Bertz CT molecular complexity index is 526. The van der Waals surface area contributed by atoms with E-state index in [1.54, 1.807) is 5.51 Å². The Morgan fingerprint density at radius 3 is 2.88 bits per heavy atom. The zero-order valence-corrected chi connectivity index (χ0v) is 9.06. The van der Waals surface area contributed by atoms with Gasteiger partial charge < -0.3 is 5.11 Å². The Balaban J connectivity index is 2.37. The third-order valence-electron chi connectivity index (χ3n) is 1.97. The number of nitrogens with zero attached hydrogens (tertiary/aromatic N) is 4. The fourth-order valence-corrected chi connectivity index (χ4v) is 1.85. The lowest BCUT2D eigenvalue weighted by Crippen LogP contribution is -2.09. The highest BCUT2D eigenvalue weighted by Crippen LogP contribution is 2.22. The molecule has 1 N–H and O–H groups in total. The first kappa shape index (κ1) is 11.6. The van der Waals surface area contributed by atoms with Crippen molar-refractivity contribution in [2.75, 3.05) is 0 Å². The second kappa shape index (κ2) is 4.53. The minimum Gasteiger partial charge on any atom is -0.476 e. The van der Waals surface area contributed by atoms with E-state index in [1.165, 1.54) is 17.5 Å². The predicted molar refractivity (Wildman–Crippen MR) is 53.2 cm³/mol. The van der Waals surface area contributed by atoms with Crippen molar-refractivity contribution in [3.63, 3.8) is 0 Å². The molecular weight excluding hydrogens is 254 g/mol. The van der Waals surface area contributed by atoms with Crippen molar-refractivity contribution in [3.8, 4) is 0 Å². The van der Waals surface area contributed by atoms with E-state index in [0.29, 0.717) is 4.88 Å². The third-order valence-corrected chi connectivity index (χ3v) is 2.74. The fraction of sp³-hybridized carbons (Fsp3) is 0.250. The van der Waals surface area contributed by atoms with Gasteiger partial charge in [-0.3, -0.25) is 4.98 Å². The summed E-state index contributed by atoms with van der Waals surface area (Å²) < 4.78 is 26.3. The lowest BCUT2D eigenvalue weighted by Gasteiger charge is -2.03. The van der Waals surface area contributed by atoms with Crippen LogP contribution in [0.5, 0.6) is 0 Å². The van der Waals surface area contributed by atoms with Gasteiger partial charge in [0.15, 0.2) is 5.69 Å². The van der Waals surface area contributed by atoms with E-state index in [4.69, 9.17) is 5.11 Å². The minimum absolute atomic E-state index is 0.0324. The zero-order chi connectivity index (χ0) is 12.4. The van der Waals surface area contributed by atoms with Crippen LogP contribution in [-0.2, 0) is 6.54 Å². The molecule has 0 spiro atoms. The van der Waals surface area contributed by atoms with Crippen LogP contribution in [0.15, 0.2) is 11.7 Å². The van der Waals surface area contributed by atoms with E-state index < -0.39 is 23.8 Å². The molecule has 2 aromatic rings. The molecule has 90 valence electrons. The SMILES string of the molecule is O=C(O)c1nnn(Cc2cncs2)c1C(F)F. The number of rotatable bonds is 4. The van der Waals surface area contributed by atoms with Crippen molar-refractivity contribution in [1.29, 1.82) is 0 Å². The van der Waals surface area contributed by atoms with Gasteiger partial charge in [-0.15, -0.1) is 16.4 Å². The van der Waals surface area contributed by atoms with Crippen molar-refractivity contribution in [1.82, 2.24) is 20.0 Å². The second-order valence-corrected chi connectivity index (χ2v) is 4.03. The molecule has 0 saturated carbocycles. The molecule has 0 radical (unpaired) electrons. The van der Waals surface area contributed by atoms with Gasteiger partial charge in [0, 0.05) is 11.1 Å². The summed E-state index contributed by atoms with van der Waals surface area (Å²) in [6.07, 6.45) is -1.44. The second-order valence-electron chi connectivity index (χ2n) is 3.05. The Morgan fingerprint density at radius 2 is 2.35 bits per heavy atom. The fourth-order valence-electron chi connectivity index (χ4n) is 1.27. The summed E-state index contributed by atoms with van der Waals surface area (Å²) in [5, 5.41) is 15.3. The summed E-state index contributed by atoms with van der Waals surface area (Å²) >= 11 is 1.26.